The minimum atomic E-state index is -5.04. The molecule has 9 nitrogen and oxygen atoms in total. The highest BCUT2D eigenvalue weighted by Gasteiger charge is 2.33. The molecule has 5 rings (SSSR count). The SMILES string of the molecule is CCn1cc(-n2cc(-c3ccc(C(=O)O)cc3OC(F)(F)F)c3cc(-c4c(C)noc4C)cnc32)c(C)n1. The van der Waals surface area contributed by atoms with Crippen molar-refractivity contribution in [2.75, 3.05) is 0 Å². The Bertz CT molecular complexity index is 1680. The quantitative estimate of drug-likeness (QED) is 0.286. The van der Waals surface area contributed by atoms with Gasteiger partial charge < -0.3 is 14.4 Å². The smallest absolute Gasteiger partial charge is 0.478 e. The number of aryl methyl sites for hydroxylation is 4. The van der Waals surface area contributed by atoms with Gasteiger partial charge in [-0.25, -0.2) is 9.78 Å². The first-order valence-electron chi connectivity index (χ1n) is 11.6. The molecule has 38 heavy (non-hydrogen) atoms. The van der Waals surface area contributed by atoms with E-state index in [1.165, 1.54) is 12.1 Å². The fourth-order valence-electron chi connectivity index (χ4n) is 4.53. The van der Waals surface area contributed by atoms with Crippen LogP contribution in [0.4, 0.5) is 13.2 Å². The number of aromatic nitrogens is 5. The highest BCUT2D eigenvalue weighted by molar-refractivity contribution is 6.00. The maximum Gasteiger partial charge on any atom is 0.573 e. The van der Waals surface area contributed by atoms with Gasteiger partial charge in [0.15, 0.2) is 0 Å². The molecule has 0 spiro atoms. The molecule has 0 atom stereocenters. The zero-order valence-corrected chi connectivity index (χ0v) is 20.8. The molecular formula is C26H22F3N5O4. The molecule has 0 saturated heterocycles. The van der Waals surface area contributed by atoms with Crippen molar-refractivity contribution in [3.8, 4) is 33.7 Å². The topological polar surface area (TPSA) is 108 Å². The maximum absolute atomic E-state index is 13.4. The zero-order valence-electron chi connectivity index (χ0n) is 20.8. The molecule has 4 heterocycles. The fourth-order valence-corrected chi connectivity index (χ4v) is 4.53. The van der Waals surface area contributed by atoms with Crippen molar-refractivity contribution in [2.45, 2.75) is 40.6 Å². The van der Waals surface area contributed by atoms with E-state index in [9.17, 15) is 23.1 Å². The molecular weight excluding hydrogens is 503 g/mol. The molecule has 5 aromatic rings. The molecule has 0 aliphatic rings. The van der Waals surface area contributed by atoms with Gasteiger partial charge in [-0.3, -0.25) is 9.25 Å². The van der Waals surface area contributed by atoms with Gasteiger partial charge in [0.1, 0.15) is 17.2 Å². The second kappa shape index (κ2) is 9.05. The standard InChI is InChI=1S/C26H22F3N5O4/c1-5-33-12-21(13(2)31-33)34-11-20(18-7-6-16(25(35)36)9-22(18)37-26(27,28)29)19-8-17(10-30-24(19)34)23-14(3)32-38-15(23)4/h6-12H,5H2,1-4H3,(H,35,36). The first kappa shape index (κ1) is 25.1. The number of nitrogens with zero attached hydrogens (tertiary/aromatic N) is 5. The average Bonchev–Trinajstić information content (AvgIpc) is 3.51. The molecule has 0 aliphatic carbocycles. The van der Waals surface area contributed by atoms with Gasteiger partial charge in [-0.15, -0.1) is 13.2 Å². The van der Waals surface area contributed by atoms with Crippen LogP contribution in [0, 0.1) is 20.8 Å². The molecule has 0 amide bonds. The summed E-state index contributed by atoms with van der Waals surface area (Å²) in [5, 5.41) is 18.4. The third-order valence-electron chi connectivity index (χ3n) is 6.21. The number of aromatic carboxylic acids is 1. The normalized spacial score (nSPS) is 11.9. The van der Waals surface area contributed by atoms with Gasteiger partial charge >= 0.3 is 12.3 Å². The van der Waals surface area contributed by atoms with Crippen molar-refractivity contribution in [1.82, 2.24) is 24.5 Å². The first-order valence-corrected chi connectivity index (χ1v) is 11.6. The third-order valence-corrected chi connectivity index (χ3v) is 6.21. The summed E-state index contributed by atoms with van der Waals surface area (Å²) >= 11 is 0. The predicted molar refractivity (Wildman–Crippen MR) is 131 cm³/mol. The molecule has 0 unspecified atom stereocenters. The van der Waals surface area contributed by atoms with Crippen molar-refractivity contribution in [3.05, 3.63) is 65.6 Å². The van der Waals surface area contributed by atoms with E-state index < -0.39 is 18.1 Å². The molecule has 12 heteroatoms. The van der Waals surface area contributed by atoms with Gasteiger partial charge in [0.25, 0.3) is 0 Å². The number of fused-ring (bicyclic) bond motifs is 1. The number of hydrogen-bond acceptors (Lipinski definition) is 6. The summed E-state index contributed by atoms with van der Waals surface area (Å²) in [5.41, 5.74) is 3.95. The van der Waals surface area contributed by atoms with Crippen LogP contribution >= 0.6 is 0 Å². The number of benzene rings is 1. The molecule has 0 radical (unpaired) electrons. The van der Waals surface area contributed by atoms with Crippen molar-refractivity contribution in [2.24, 2.45) is 0 Å². The van der Waals surface area contributed by atoms with Gasteiger partial charge in [0, 0.05) is 52.8 Å². The van der Waals surface area contributed by atoms with E-state index >= 15 is 0 Å². The average molecular weight is 525 g/mol. The van der Waals surface area contributed by atoms with Crippen LogP contribution in [0.5, 0.6) is 5.75 Å². The summed E-state index contributed by atoms with van der Waals surface area (Å²) in [5.74, 6) is -1.45. The Morgan fingerprint density at radius 2 is 1.87 bits per heavy atom. The largest absolute Gasteiger partial charge is 0.573 e. The summed E-state index contributed by atoms with van der Waals surface area (Å²) in [4.78, 5) is 16.2. The molecule has 0 saturated carbocycles. The second-order valence-corrected chi connectivity index (χ2v) is 8.73. The fraction of sp³-hybridized carbons (Fsp3) is 0.231. The molecule has 1 N–H and O–H groups in total. The van der Waals surface area contributed by atoms with Crippen LogP contribution in [-0.2, 0) is 6.54 Å². The number of carboxylic acid groups (broad SMARTS) is 1. The summed E-state index contributed by atoms with van der Waals surface area (Å²) in [6, 6.07) is 5.19. The number of ether oxygens (including phenoxy) is 1. The number of alkyl halides is 3. The number of carboxylic acids is 1. The highest BCUT2D eigenvalue weighted by Crippen LogP contribution is 2.41. The van der Waals surface area contributed by atoms with Crippen molar-refractivity contribution in [1.29, 1.82) is 0 Å². The molecule has 0 fully saturated rings. The molecule has 196 valence electrons. The second-order valence-electron chi connectivity index (χ2n) is 8.73. The lowest BCUT2D eigenvalue weighted by Gasteiger charge is -2.14. The summed E-state index contributed by atoms with van der Waals surface area (Å²) in [6.07, 6.45) is 0.0828. The number of rotatable bonds is 6. The Morgan fingerprint density at radius 1 is 1.11 bits per heavy atom. The van der Waals surface area contributed by atoms with Crippen molar-refractivity contribution in [3.63, 3.8) is 0 Å². The van der Waals surface area contributed by atoms with Crippen LogP contribution < -0.4 is 4.74 Å². The molecule has 0 bridgehead atoms. The van der Waals surface area contributed by atoms with Gasteiger partial charge in [-0.05, 0) is 52.0 Å². The van der Waals surface area contributed by atoms with Crippen LogP contribution in [0.3, 0.4) is 0 Å². The van der Waals surface area contributed by atoms with Crippen molar-refractivity contribution >= 4 is 17.0 Å². The lowest BCUT2D eigenvalue weighted by molar-refractivity contribution is -0.274. The molecule has 1 aromatic carbocycles. The maximum atomic E-state index is 13.4. The van der Waals surface area contributed by atoms with Crippen LogP contribution in [0.1, 0.15) is 34.4 Å². The Balaban J connectivity index is 1.82. The summed E-state index contributed by atoms with van der Waals surface area (Å²) in [6.45, 7) is 7.93. The lowest BCUT2D eigenvalue weighted by atomic mass is 10.00. The predicted octanol–water partition coefficient (Wildman–Crippen LogP) is 6.09. The number of halogens is 3. The molecule has 4 aromatic heterocycles. The third kappa shape index (κ3) is 4.38. The van der Waals surface area contributed by atoms with E-state index in [1.54, 1.807) is 41.6 Å². The van der Waals surface area contributed by atoms with Crippen molar-refractivity contribution < 1.29 is 32.3 Å². The van der Waals surface area contributed by atoms with E-state index in [0.717, 1.165) is 11.6 Å². The van der Waals surface area contributed by atoms with Crippen LogP contribution in [-0.4, -0.2) is 41.9 Å². The van der Waals surface area contributed by atoms with Crippen LogP contribution in [0.2, 0.25) is 0 Å². The van der Waals surface area contributed by atoms with E-state index in [4.69, 9.17) is 4.52 Å². The summed E-state index contributed by atoms with van der Waals surface area (Å²) in [7, 11) is 0. The highest BCUT2D eigenvalue weighted by atomic mass is 19.4. The minimum Gasteiger partial charge on any atom is -0.478 e. The van der Waals surface area contributed by atoms with Gasteiger partial charge in [0.05, 0.1) is 22.6 Å². The Labute approximate surface area is 214 Å². The Hall–Kier alpha value is -4.61. The van der Waals surface area contributed by atoms with Crippen LogP contribution in [0.15, 0.2) is 47.4 Å². The van der Waals surface area contributed by atoms with E-state index in [2.05, 4.69) is 20.0 Å². The molecule has 0 aliphatic heterocycles. The summed E-state index contributed by atoms with van der Waals surface area (Å²) < 4.78 is 53.2. The monoisotopic (exact) mass is 525 g/mol. The van der Waals surface area contributed by atoms with E-state index in [1.807, 2.05) is 20.0 Å². The van der Waals surface area contributed by atoms with Gasteiger partial charge in [0.2, 0.25) is 0 Å². The van der Waals surface area contributed by atoms with E-state index in [0.29, 0.717) is 51.5 Å². The first-order chi connectivity index (χ1) is 18.0. The number of carbonyl (C=O) groups is 1. The van der Waals surface area contributed by atoms with E-state index in [-0.39, 0.29) is 11.1 Å². The zero-order chi connectivity index (χ0) is 27.4. The minimum absolute atomic E-state index is 0.0503. The Kier molecular flexibility index (Phi) is 5.97. The van der Waals surface area contributed by atoms with Crippen LogP contribution in [0.25, 0.3) is 39.0 Å². The number of pyridine rings is 1. The Morgan fingerprint density at radius 3 is 2.47 bits per heavy atom. The van der Waals surface area contributed by atoms with Gasteiger partial charge in [-0.2, -0.15) is 5.10 Å². The van der Waals surface area contributed by atoms with Gasteiger partial charge in [-0.1, -0.05) is 5.16 Å². The number of hydrogen-bond donors (Lipinski definition) is 1. The lowest BCUT2D eigenvalue weighted by Crippen LogP contribution is -2.18.